The first-order valence-electron chi connectivity index (χ1n) is 8.93. The summed E-state index contributed by atoms with van der Waals surface area (Å²) in [5.41, 5.74) is 2.05. The molecule has 1 aliphatic heterocycles. The Morgan fingerprint density at radius 1 is 1.45 bits per heavy atom. The van der Waals surface area contributed by atoms with Gasteiger partial charge in [-0.3, -0.25) is 19.3 Å². The van der Waals surface area contributed by atoms with Gasteiger partial charge < -0.3 is 10.4 Å². The number of hydrogen-bond donors (Lipinski definition) is 2. The molecule has 1 aromatic carbocycles. The van der Waals surface area contributed by atoms with Gasteiger partial charge in [0, 0.05) is 37.5 Å². The summed E-state index contributed by atoms with van der Waals surface area (Å²) in [7, 11) is 0. The lowest BCUT2D eigenvalue weighted by Crippen LogP contribution is -2.34. The molecule has 0 saturated carbocycles. The molecule has 0 spiro atoms. The summed E-state index contributed by atoms with van der Waals surface area (Å²) in [4.78, 5) is 43.6. The molecular formula is C19H20N4O4S2. The minimum absolute atomic E-state index is 0.0409. The van der Waals surface area contributed by atoms with Crippen molar-refractivity contribution in [3.05, 3.63) is 40.3 Å². The van der Waals surface area contributed by atoms with Gasteiger partial charge in [0.1, 0.15) is 0 Å². The van der Waals surface area contributed by atoms with E-state index in [2.05, 4.69) is 21.4 Å². The van der Waals surface area contributed by atoms with Crippen LogP contribution in [0.2, 0.25) is 0 Å². The van der Waals surface area contributed by atoms with Crippen LogP contribution < -0.4 is 10.2 Å². The smallest absolute Gasteiger partial charge is 0.290 e. The van der Waals surface area contributed by atoms with Gasteiger partial charge in [-0.1, -0.05) is 17.4 Å². The van der Waals surface area contributed by atoms with E-state index < -0.39 is 0 Å². The number of hydrogen-bond acceptors (Lipinski definition) is 7. The zero-order valence-corrected chi connectivity index (χ0v) is 17.3. The maximum absolute atomic E-state index is 12.4. The van der Waals surface area contributed by atoms with E-state index in [1.54, 1.807) is 22.4 Å². The summed E-state index contributed by atoms with van der Waals surface area (Å²) >= 11 is 3.07. The SMILES string of the molecule is Cc1ccc2nc(N3CC(C(=O)NCCc4nccs4)CC3=O)sc2c1.O=CO. The highest BCUT2D eigenvalue weighted by Gasteiger charge is 2.36. The second kappa shape index (κ2) is 9.57. The van der Waals surface area contributed by atoms with E-state index in [4.69, 9.17) is 9.90 Å². The average Bonchev–Trinajstić information content (AvgIpc) is 3.41. The molecule has 3 aromatic rings. The fourth-order valence-electron chi connectivity index (χ4n) is 3.02. The van der Waals surface area contributed by atoms with Crippen molar-refractivity contribution in [3.8, 4) is 0 Å². The zero-order chi connectivity index (χ0) is 20.8. The Morgan fingerprint density at radius 2 is 2.24 bits per heavy atom. The number of anilines is 1. The summed E-state index contributed by atoms with van der Waals surface area (Å²) in [5.74, 6) is -0.442. The molecule has 1 unspecified atom stereocenters. The van der Waals surface area contributed by atoms with Crippen LogP contribution in [0.25, 0.3) is 10.2 Å². The fraction of sp³-hybridized carbons (Fsp3) is 0.316. The standard InChI is InChI=1S/C18H18N4O2S2.CH2O2/c1-11-2-3-13-14(8-11)26-18(21-13)22-10-12(9-16(22)23)17(24)20-5-4-15-19-6-7-25-15;2-1-3/h2-3,6-8,12H,4-5,9-10H2,1H3,(H,20,24);1H,(H,2,3). The number of amides is 2. The molecule has 2 aromatic heterocycles. The highest BCUT2D eigenvalue weighted by molar-refractivity contribution is 7.22. The Morgan fingerprint density at radius 3 is 2.97 bits per heavy atom. The molecule has 152 valence electrons. The lowest BCUT2D eigenvalue weighted by atomic mass is 10.1. The minimum atomic E-state index is -0.326. The lowest BCUT2D eigenvalue weighted by Gasteiger charge is -2.13. The number of rotatable bonds is 5. The third-order valence-electron chi connectivity index (χ3n) is 4.38. The lowest BCUT2D eigenvalue weighted by molar-refractivity contribution is -0.126. The molecule has 2 amide bonds. The third kappa shape index (κ3) is 5.15. The van der Waals surface area contributed by atoms with E-state index >= 15 is 0 Å². The van der Waals surface area contributed by atoms with Crippen LogP contribution in [-0.4, -0.2) is 46.5 Å². The van der Waals surface area contributed by atoms with Crippen LogP contribution in [0.3, 0.4) is 0 Å². The quantitative estimate of drug-likeness (QED) is 0.599. The Kier molecular flexibility index (Phi) is 6.89. The second-order valence-electron chi connectivity index (χ2n) is 6.45. The van der Waals surface area contributed by atoms with Crippen molar-refractivity contribution in [3.63, 3.8) is 0 Å². The minimum Gasteiger partial charge on any atom is -0.483 e. The Labute approximate surface area is 175 Å². The monoisotopic (exact) mass is 432 g/mol. The molecule has 0 bridgehead atoms. The number of carboxylic acid groups (broad SMARTS) is 1. The average molecular weight is 433 g/mol. The van der Waals surface area contributed by atoms with Gasteiger partial charge in [0.15, 0.2) is 5.13 Å². The number of benzene rings is 1. The summed E-state index contributed by atoms with van der Waals surface area (Å²) in [6, 6.07) is 6.05. The van der Waals surface area contributed by atoms with Gasteiger partial charge in [0.2, 0.25) is 11.8 Å². The van der Waals surface area contributed by atoms with Gasteiger partial charge >= 0.3 is 0 Å². The van der Waals surface area contributed by atoms with E-state index in [0.717, 1.165) is 20.8 Å². The van der Waals surface area contributed by atoms with Crippen molar-refractivity contribution >= 4 is 56.3 Å². The van der Waals surface area contributed by atoms with Crippen LogP contribution in [0.1, 0.15) is 17.0 Å². The van der Waals surface area contributed by atoms with Gasteiger partial charge in [0.25, 0.3) is 6.47 Å². The second-order valence-corrected chi connectivity index (χ2v) is 8.43. The van der Waals surface area contributed by atoms with Gasteiger partial charge in [-0.25, -0.2) is 9.97 Å². The molecule has 29 heavy (non-hydrogen) atoms. The van der Waals surface area contributed by atoms with Crippen LogP contribution in [0.5, 0.6) is 0 Å². The summed E-state index contributed by atoms with van der Waals surface area (Å²) < 4.78 is 1.06. The molecule has 3 heterocycles. The Balaban J connectivity index is 0.000000755. The number of nitrogens with one attached hydrogen (secondary N) is 1. The molecule has 4 rings (SSSR count). The van der Waals surface area contributed by atoms with Gasteiger partial charge in [-0.15, -0.1) is 11.3 Å². The zero-order valence-electron chi connectivity index (χ0n) is 15.7. The first-order chi connectivity index (χ1) is 14.0. The van der Waals surface area contributed by atoms with Crippen molar-refractivity contribution in [1.82, 2.24) is 15.3 Å². The number of carbonyl (C=O) groups excluding carboxylic acids is 2. The van der Waals surface area contributed by atoms with E-state index in [1.165, 1.54) is 11.3 Å². The van der Waals surface area contributed by atoms with Crippen molar-refractivity contribution in [1.29, 1.82) is 0 Å². The van der Waals surface area contributed by atoms with Crippen molar-refractivity contribution in [2.75, 3.05) is 18.0 Å². The predicted molar refractivity (Wildman–Crippen MR) is 112 cm³/mol. The molecule has 1 atom stereocenters. The van der Waals surface area contributed by atoms with Crippen molar-refractivity contribution in [2.24, 2.45) is 5.92 Å². The number of fused-ring (bicyclic) bond motifs is 1. The number of aryl methyl sites for hydroxylation is 1. The van der Waals surface area contributed by atoms with Crippen LogP contribution in [0.15, 0.2) is 29.8 Å². The third-order valence-corrected chi connectivity index (χ3v) is 6.26. The highest BCUT2D eigenvalue weighted by atomic mass is 32.1. The van der Waals surface area contributed by atoms with E-state index in [9.17, 15) is 9.59 Å². The molecule has 1 aliphatic rings. The van der Waals surface area contributed by atoms with Gasteiger partial charge in [-0.2, -0.15) is 0 Å². The maximum atomic E-state index is 12.4. The topological polar surface area (TPSA) is 112 Å². The van der Waals surface area contributed by atoms with E-state index in [-0.39, 0.29) is 30.6 Å². The highest BCUT2D eigenvalue weighted by Crippen LogP contribution is 2.33. The Hall–Kier alpha value is -2.85. The molecule has 0 radical (unpaired) electrons. The van der Waals surface area contributed by atoms with Gasteiger partial charge in [-0.05, 0) is 24.6 Å². The van der Waals surface area contributed by atoms with E-state index in [1.807, 2.05) is 24.4 Å². The summed E-state index contributed by atoms with van der Waals surface area (Å²) in [6.07, 6.45) is 2.71. The molecule has 10 heteroatoms. The Bertz CT molecular complexity index is 1000. The molecular weight excluding hydrogens is 412 g/mol. The molecule has 0 aliphatic carbocycles. The number of carbonyl (C=O) groups is 3. The van der Waals surface area contributed by atoms with Crippen LogP contribution >= 0.6 is 22.7 Å². The molecule has 2 N–H and O–H groups in total. The maximum Gasteiger partial charge on any atom is 0.290 e. The summed E-state index contributed by atoms with van der Waals surface area (Å²) in [5, 5.41) is 13.4. The molecule has 1 fully saturated rings. The van der Waals surface area contributed by atoms with Crippen LogP contribution in [0.4, 0.5) is 5.13 Å². The fourth-order valence-corrected chi connectivity index (χ4v) is 4.73. The van der Waals surface area contributed by atoms with Gasteiger partial charge in [0.05, 0.1) is 21.1 Å². The molecule has 8 nitrogen and oxygen atoms in total. The van der Waals surface area contributed by atoms with Crippen molar-refractivity contribution in [2.45, 2.75) is 19.8 Å². The molecule has 1 saturated heterocycles. The van der Waals surface area contributed by atoms with Crippen molar-refractivity contribution < 1.29 is 19.5 Å². The number of aromatic nitrogens is 2. The van der Waals surface area contributed by atoms with Crippen LogP contribution in [-0.2, 0) is 20.8 Å². The number of thiazole rings is 2. The number of nitrogens with zero attached hydrogens (tertiary/aromatic N) is 3. The van der Waals surface area contributed by atoms with Crippen LogP contribution in [0, 0.1) is 12.8 Å². The largest absolute Gasteiger partial charge is 0.483 e. The predicted octanol–water partition coefficient (Wildman–Crippen LogP) is 2.47. The normalized spacial score (nSPS) is 15.8. The first kappa shape index (κ1) is 20.9. The summed E-state index contributed by atoms with van der Waals surface area (Å²) in [6.45, 7) is 2.71. The van der Waals surface area contributed by atoms with E-state index in [0.29, 0.717) is 24.6 Å². The first-order valence-corrected chi connectivity index (χ1v) is 10.6.